The highest BCUT2D eigenvalue weighted by molar-refractivity contribution is 6.36. The Morgan fingerprint density at radius 2 is 1.91 bits per heavy atom. The van der Waals surface area contributed by atoms with Crippen LogP contribution in [-0.4, -0.2) is 28.5 Å². The number of aryl methyl sites for hydroxylation is 1. The lowest BCUT2D eigenvalue weighted by Crippen LogP contribution is -2.29. The van der Waals surface area contributed by atoms with E-state index in [4.69, 9.17) is 37.3 Å². The van der Waals surface area contributed by atoms with Crippen molar-refractivity contribution < 1.29 is 18.7 Å². The minimum Gasteiger partial charge on any atom is -0.465 e. The summed E-state index contributed by atoms with van der Waals surface area (Å²) in [7, 11) is 1.33. The van der Waals surface area contributed by atoms with Crippen LogP contribution in [0.25, 0.3) is 11.0 Å². The zero-order chi connectivity index (χ0) is 23.7. The Kier molecular flexibility index (Phi) is 6.44. The van der Waals surface area contributed by atoms with Crippen molar-refractivity contribution in [1.82, 2.24) is 14.9 Å². The van der Waals surface area contributed by atoms with Crippen LogP contribution in [0.15, 0.2) is 52.9 Å². The molecule has 0 fully saturated rings. The molecule has 170 valence electrons. The number of amides is 1. The first-order valence-electron chi connectivity index (χ1n) is 10.2. The van der Waals surface area contributed by atoms with Crippen LogP contribution in [-0.2, 0) is 11.3 Å². The van der Waals surface area contributed by atoms with Gasteiger partial charge in [-0.1, -0.05) is 35.3 Å². The van der Waals surface area contributed by atoms with Crippen molar-refractivity contribution in [3.8, 4) is 0 Å². The summed E-state index contributed by atoms with van der Waals surface area (Å²) in [6.07, 6.45) is 0. The first-order valence-corrected chi connectivity index (χ1v) is 10.9. The average Bonchev–Trinajstić information content (AvgIpc) is 3.33. The number of benzene rings is 2. The summed E-state index contributed by atoms with van der Waals surface area (Å²) in [6, 6.07) is 13.6. The molecule has 0 radical (unpaired) electrons. The zero-order valence-electron chi connectivity index (χ0n) is 18.2. The minimum atomic E-state index is -0.460. The van der Waals surface area contributed by atoms with E-state index in [1.165, 1.54) is 13.2 Å². The molecule has 0 aliphatic carbocycles. The molecule has 9 heteroatoms. The lowest BCUT2D eigenvalue weighted by atomic mass is 10.2. The first-order chi connectivity index (χ1) is 15.8. The number of ether oxygens (including phenoxy) is 1. The average molecular weight is 486 g/mol. The molecule has 2 aromatic carbocycles. The second kappa shape index (κ2) is 9.29. The molecule has 4 rings (SSSR count). The molecule has 0 saturated carbocycles. The molecular formula is C24H21Cl2N3O4. The maximum absolute atomic E-state index is 12.9. The van der Waals surface area contributed by atoms with Crippen LogP contribution >= 0.6 is 23.2 Å². The highest BCUT2D eigenvalue weighted by Gasteiger charge is 2.22. The van der Waals surface area contributed by atoms with Crippen molar-refractivity contribution in [3.05, 3.63) is 87.0 Å². The number of methoxy groups -OCH3 is 1. The summed E-state index contributed by atoms with van der Waals surface area (Å²) in [4.78, 5) is 29.6. The van der Waals surface area contributed by atoms with Gasteiger partial charge in [-0.25, -0.2) is 9.78 Å². The summed E-state index contributed by atoms with van der Waals surface area (Å²) >= 11 is 12.1. The van der Waals surface area contributed by atoms with E-state index >= 15 is 0 Å². The number of carbonyl (C=O) groups is 2. The number of fused-ring (bicyclic) bond motifs is 1. The molecule has 0 aliphatic heterocycles. The molecule has 2 aromatic heterocycles. The number of carbonyl (C=O) groups excluding carboxylic acids is 2. The van der Waals surface area contributed by atoms with Gasteiger partial charge >= 0.3 is 5.97 Å². The Morgan fingerprint density at radius 1 is 1.15 bits per heavy atom. The quantitative estimate of drug-likeness (QED) is 0.360. The van der Waals surface area contributed by atoms with Gasteiger partial charge in [0, 0.05) is 5.02 Å². The normalized spacial score (nSPS) is 12.0. The van der Waals surface area contributed by atoms with Crippen LogP contribution in [0, 0.1) is 6.92 Å². The van der Waals surface area contributed by atoms with E-state index in [-0.39, 0.29) is 10.9 Å². The molecule has 1 amide bonds. The molecule has 0 aliphatic rings. The highest BCUT2D eigenvalue weighted by atomic mass is 35.5. The first kappa shape index (κ1) is 22.9. The molecule has 0 bridgehead atoms. The van der Waals surface area contributed by atoms with Gasteiger partial charge in [0.05, 0.1) is 41.3 Å². The topological polar surface area (TPSA) is 86.4 Å². The number of halogens is 2. The highest BCUT2D eigenvalue weighted by Crippen LogP contribution is 2.26. The van der Waals surface area contributed by atoms with E-state index in [2.05, 4.69) is 5.32 Å². The second-order valence-corrected chi connectivity index (χ2v) is 8.38. The Labute approximate surface area is 200 Å². The van der Waals surface area contributed by atoms with E-state index in [1.807, 2.05) is 35.8 Å². The lowest BCUT2D eigenvalue weighted by molar-refractivity contribution is 0.0598. The zero-order valence-corrected chi connectivity index (χ0v) is 19.7. The van der Waals surface area contributed by atoms with Crippen molar-refractivity contribution in [2.75, 3.05) is 7.11 Å². The third-order valence-electron chi connectivity index (χ3n) is 5.28. The number of para-hydroxylation sites is 2. The van der Waals surface area contributed by atoms with Crippen molar-refractivity contribution in [2.45, 2.75) is 26.4 Å². The molecule has 7 nitrogen and oxygen atoms in total. The largest absolute Gasteiger partial charge is 0.465 e. The summed E-state index contributed by atoms with van der Waals surface area (Å²) in [6.45, 7) is 3.86. The number of aromatic nitrogens is 2. The number of hydrogen-bond acceptors (Lipinski definition) is 5. The third kappa shape index (κ3) is 4.60. The van der Waals surface area contributed by atoms with Crippen LogP contribution in [0.5, 0.6) is 0 Å². The molecule has 2 heterocycles. The fourth-order valence-electron chi connectivity index (χ4n) is 3.69. The van der Waals surface area contributed by atoms with Gasteiger partial charge in [0.1, 0.15) is 22.9 Å². The molecule has 0 spiro atoms. The minimum absolute atomic E-state index is 0.266. The molecule has 1 atom stereocenters. The Balaban J connectivity index is 1.67. The van der Waals surface area contributed by atoms with Crippen molar-refractivity contribution >= 4 is 46.1 Å². The maximum atomic E-state index is 12.9. The van der Waals surface area contributed by atoms with E-state index in [0.29, 0.717) is 40.0 Å². The fraction of sp³-hybridized carbons (Fsp3) is 0.208. The monoisotopic (exact) mass is 485 g/mol. The Hall–Kier alpha value is -3.29. The number of furan rings is 1. The SMILES string of the molecule is COC(=O)c1cc(Cn2c(C(C)NC(=O)c3ccc(Cl)cc3Cl)nc3ccccc32)oc1C. The summed E-state index contributed by atoms with van der Waals surface area (Å²) < 4.78 is 12.6. The van der Waals surface area contributed by atoms with E-state index < -0.39 is 12.0 Å². The molecule has 4 aromatic rings. The van der Waals surface area contributed by atoms with Crippen LogP contribution < -0.4 is 5.32 Å². The summed E-state index contributed by atoms with van der Waals surface area (Å²) in [5.74, 6) is 0.865. The smallest absolute Gasteiger partial charge is 0.341 e. The predicted octanol–water partition coefficient (Wildman–Crippen LogP) is 5.57. The van der Waals surface area contributed by atoms with E-state index in [9.17, 15) is 9.59 Å². The van der Waals surface area contributed by atoms with Crippen molar-refractivity contribution in [3.63, 3.8) is 0 Å². The number of nitrogens with zero attached hydrogens (tertiary/aromatic N) is 2. The number of rotatable bonds is 6. The molecule has 1 N–H and O–H groups in total. The van der Waals surface area contributed by atoms with Crippen LogP contribution in [0.4, 0.5) is 0 Å². The number of hydrogen-bond donors (Lipinski definition) is 1. The van der Waals surface area contributed by atoms with Gasteiger partial charge < -0.3 is 19.0 Å². The summed E-state index contributed by atoms with van der Waals surface area (Å²) in [5.41, 5.74) is 2.33. The van der Waals surface area contributed by atoms with Gasteiger partial charge in [-0.2, -0.15) is 0 Å². The maximum Gasteiger partial charge on any atom is 0.341 e. The second-order valence-electron chi connectivity index (χ2n) is 7.54. The summed E-state index contributed by atoms with van der Waals surface area (Å²) in [5, 5.41) is 3.67. The molecule has 33 heavy (non-hydrogen) atoms. The molecule has 0 saturated heterocycles. The third-order valence-corrected chi connectivity index (χ3v) is 5.83. The van der Waals surface area contributed by atoms with Crippen LogP contribution in [0.1, 0.15) is 51.0 Å². The Bertz CT molecular complexity index is 1360. The number of esters is 1. The van der Waals surface area contributed by atoms with Gasteiger partial charge in [-0.15, -0.1) is 0 Å². The van der Waals surface area contributed by atoms with Gasteiger partial charge in [-0.3, -0.25) is 4.79 Å². The number of nitrogens with one attached hydrogen (secondary N) is 1. The van der Waals surface area contributed by atoms with E-state index in [1.54, 1.807) is 25.1 Å². The van der Waals surface area contributed by atoms with Crippen molar-refractivity contribution in [1.29, 1.82) is 0 Å². The van der Waals surface area contributed by atoms with Crippen LogP contribution in [0.2, 0.25) is 10.0 Å². The van der Waals surface area contributed by atoms with Crippen LogP contribution in [0.3, 0.4) is 0 Å². The van der Waals surface area contributed by atoms with Gasteiger partial charge in [-0.05, 0) is 50.2 Å². The van der Waals surface area contributed by atoms with E-state index in [0.717, 1.165) is 11.0 Å². The lowest BCUT2D eigenvalue weighted by Gasteiger charge is -2.16. The molecular weight excluding hydrogens is 465 g/mol. The number of imidazole rings is 1. The van der Waals surface area contributed by atoms with Crippen molar-refractivity contribution in [2.24, 2.45) is 0 Å². The van der Waals surface area contributed by atoms with Gasteiger partial charge in [0.15, 0.2) is 0 Å². The molecule has 1 unspecified atom stereocenters. The van der Waals surface area contributed by atoms with Gasteiger partial charge in [0.25, 0.3) is 5.91 Å². The predicted molar refractivity (Wildman–Crippen MR) is 126 cm³/mol. The standard InChI is InChI=1S/C24H21Cl2N3O4/c1-13(27-23(30)17-9-8-15(25)10-19(17)26)22-28-20-6-4-5-7-21(20)29(22)12-16-11-18(14(2)33-16)24(31)32-3/h4-11,13H,12H2,1-3H3,(H,27,30). The fourth-order valence-corrected chi connectivity index (χ4v) is 4.19. The Morgan fingerprint density at radius 3 is 2.64 bits per heavy atom. The van der Waals surface area contributed by atoms with Gasteiger partial charge in [0.2, 0.25) is 0 Å².